The van der Waals surface area contributed by atoms with Gasteiger partial charge < -0.3 is 20.9 Å². The Hall–Kier alpha value is -2.08. The minimum absolute atomic E-state index is 0.0875. The molecule has 1 aliphatic heterocycles. The first kappa shape index (κ1) is 18.3. The van der Waals surface area contributed by atoms with Crippen LogP contribution in [0.15, 0.2) is 30.3 Å². The largest absolute Gasteiger partial charge is 0.340 e. The zero-order chi connectivity index (χ0) is 17.5. The standard InChI is InChI=1S/C18H28N4O2/c1-14-10-16(11-19)13-22(14)17(23)8-9-20-18(24)21(2)12-15-6-4-3-5-7-15/h3-7,14,16H,8-13,19H2,1-2H3,(H,20,24). The molecule has 1 aliphatic rings. The summed E-state index contributed by atoms with van der Waals surface area (Å²) in [6.07, 6.45) is 1.29. The summed E-state index contributed by atoms with van der Waals surface area (Å²) in [6.45, 7) is 4.31. The Morgan fingerprint density at radius 2 is 2.04 bits per heavy atom. The number of hydrogen-bond donors (Lipinski definition) is 2. The number of benzene rings is 1. The summed E-state index contributed by atoms with van der Waals surface area (Å²) in [5, 5.41) is 2.81. The number of urea groups is 1. The number of hydrogen-bond acceptors (Lipinski definition) is 3. The molecule has 6 nitrogen and oxygen atoms in total. The van der Waals surface area contributed by atoms with E-state index in [-0.39, 0.29) is 18.0 Å². The van der Waals surface area contributed by atoms with Gasteiger partial charge in [0, 0.05) is 39.1 Å². The van der Waals surface area contributed by atoms with Gasteiger partial charge >= 0.3 is 6.03 Å². The van der Waals surface area contributed by atoms with Crippen LogP contribution >= 0.6 is 0 Å². The number of nitrogens with two attached hydrogens (primary N) is 1. The highest BCUT2D eigenvalue weighted by Crippen LogP contribution is 2.22. The summed E-state index contributed by atoms with van der Waals surface area (Å²) < 4.78 is 0. The van der Waals surface area contributed by atoms with Crippen molar-refractivity contribution in [1.82, 2.24) is 15.1 Å². The minimum Gasteiger partial charge on any atom is -0.340 e. The highest BCUT2D eigenvalue weighted by Gasteiger charge is 2.31. The molecule has 0 aliphatic carbocycles. The molecule has 1 saturated heterocycles. The predicted octanol–water partition coefficient (Wildman–Crippen LogP) is 1.41. The van der Waals surface area contributed by atoms with Crippen LogP contribution in [0.3, 0.4) is 0 Å². The fourth-order valence-corrected chi connectivity index (χ4v) is 3.14. The molecule has 1 aromatic carbocycles. The summed E-state index contributed by atoms with van der Waals surface area (Å²) in [4.78, 5) is 27.9. The molecule has 1 aromatic rings. The molecule has 0 saturated carbocycles. The molecule has 3 N–H and O–H groups in total. The quantitative estimate of drug-likeness (QED) is 0.827. The van der Waals surface area contributed by atoms with Crippen molar-refractivity contribution in [3.05, 3.63) is 35.9 Å². The second-order valence-corrected chi connectivity index (χ2v) is 6.56. The highest BCUT2D eigenvalue weighted by molar-refractivity contribution is 5.78. The maximum atomic E-state index is 12.3. The van der Waals surface area contributed by atoms with Gasteiger partial charge in [0.25, 0.3) is 0 Å². The Morgan fingerprint density at radius 3 is 2.67 bits per heavy atom. The first-order valence-corrected chi connectivity index (χ1v) is 8.53. The number of likely N-dealkylation sites (tertiary alicyclic amines) is 1. The molecule has 0 bridgehead atoms. The average Bonchev–Trinajstić information content (AvgIpc) is 2.96. The molecule has 0 spiro atoms. The molecular formula is C18H28N4O2. The van der Waals surface area contributed by atoms with Crippen LogP contribution in [0.2, 0.25) is 0 Å². The molecule has 6 heteroatoms. The molecule has 24 heavy (non-hydrogen) atoms. The van der Waals surface area contributed by atoms with E-state index in [0.29, 0.717) is 32.0 Å². The van der Waals surface area contributed by atoms with Crippen LogP contribution in [0.5, 0.6) is 0 Å². The van der Waals surface area contributed by atoms with Gasteiger partial charge in [-0.15, -0.1) is 0 Å². The van der Waals surface area contributed by atoms with Crippen molar-refractivity contribution in [2.24, 2.45) is 11.7 Å². The number of carbonyl (C=O) groups excluding carboxylic acids is 2. The Balaban J connectivity index is 1.71. The van der Waals surface area contributed by atoms with Crippen molar-refractivity contribution in [3.63, 3.8) is 0 Å². The SMILES string of the molecule is CC1CC(CN)CN1C(=O)CCNC(=O)N(C)Cc1ccccc1. The molecule has 1 heterocycles. The Labute approximate surface area is 144 Å². The zero-order valence-corrected chi connectivity index (χ0v) is 14.6. The second-order valence-electron chi connectivity index (χ2n) is 6.56. The van der Waals surface area contributed by atoms with Gasteiger partial charge in [-0.3, -0.25) is 4.79 Å². The predicted molar refractivity (Wildman–Crippen MR) is 94.3 cm³/mol. The van der Waals surface area contributed by atoms with Gasteiger partial charge in [0.15, 0.2) is 0 Å². The van der Waals surface area contributed by atoms with Gasteiger partial charge in [0.05, 0.1) is 0 Å². The lowest BCUT2D eigenvalue weighted by Crippen LogP contribution is -2.40. The molecule has 2 rings (SSSR count). The normalized spacial score (nSPS) is 20.0. The van der Waals surface area contributed by atoms with E-state index in [4.69, 9.17) is 5.73 Å². The molecule has 2 atom stereocenters. The average molecular weight is 332 g/mol. The van der Waals surface area contributed by atoms with Crippen molar-refractivity contribution in [2.45, 2.75) is 32.4 Å². The van der Waals surface area contributed by atoms with Crippen LogP contribution in [0.4, 0.5) is 4.79 Å². The maximum Gasteiger partial charge on any atom is 0.317 e. The third-order valence-corrected chi connectivity index (χ3v) is 4.54. The van der Waals surface area contributed by atoms with Gasteiger partial charge in [0.1, 0.15) is 0 Å². The molecule has 132 valence electrons. The number of nitrogens with zero attached hydrogens (tertiary/aromatic N) is 2. The minimum atomic E-state index is -0.166. The monoisotopic (exact) mass is 332 g/mol. The van der Waals surface area contributed by atoms with Gasteiger partial charge in [-0.1, -0.05) is 30.3 Å². The lowest BCUT2D eigenvalue weighted by molar-refractivity contribution is -0.131. The van der Waals surface area contributed by atoms with Crippen LogP contribution in [0.1, 0.15) is 25.3 Å². The Morgan fingerprint density at radius 1 is 1.33 bits per heavy atom. The Kier molecular flexibility index (Phi) is 6.61. The smallest absolute Gasteiger partial charge is 0.317 e. The van der Waals surface area contributed by atoms with Gasteiger partial charge in [-0.2, -0.15) is 0 Å². The van der Waals surface area contributed by atoms with Crippen LogP contribution in [-0.2, 0) is 11.3 Å². The first-order chi connectivity index (χ1) is 11.5. The van der Waals surface area contributed by atoms with Crippen molar-refractivity contribution in [2.75, 3.05) is 26.7 Å². The fraction of sp³-hybridized carbons (Fsp3) is 0.556. The number of amides is 3. The van der Waals surface area contributed by atoms with Crippen LogP contribution in [0.25, 0.3) is 0 Å². The number of rotatable bonds is 6. The van der Waals surface area contributed by atoms with Gasteiger partial charge in [-0.05, 0) is 31.4 Å². The molecular weight excluding hydrogens is 304 g/mol. The van der Waals surface area contributed by atoms with Crippen molar-refractivity contribution >= 4 is 11.9 Å². The lowest BCUT2D eigenvalue weighted by Gasteiger charge is -2.22. The zero-order valence-electron chi connectivity index (χ0n) is 14.6. The van der Waals surface area contributed by atoms with Gasteiger partial charge in [-0.25, -0.2) is 4.79 Å². The van der Waals surface area contributed by atoms with E-state index >= 15 is 0 Å². The molecule has 0 radical (unpaired) electrons. The maximum absolute atomic E-state index is 12.3. The van der Waals surface area contributed by atoms with Crippen LogP contribution in [-0.4, -0.2) is 54.5 Å². The van der Waals surface area contributed by atoms with Gasteiger partial charge in [0.2, 0.25) is 5.91 Å². The van der Waals surface area contributed by atoms with E-state index in [0.717, 1.165) is 18.5 Å². The van der Waals surface area contributed by atoms with E-state index in [9.17, 15) is 9.59 Å². The fourth-order valence-electron chi connectivity index (χ4n) is 3.14. The summed E-state index contributed by atoms with van der Waals surface area (Å²) in [7, 11) is 1.75. The van der Waals surface area contributed by atoms with Crippen LogP contribution in [0, 0.1) is 5.92 Å². The van der Waals surface area contributed by atoms with Crippen molar-refractivity contribution in [3.8, 4) is 0 Å². The van der Waals surface area contributed by atoms with Crippen LogP contribution < -0.4 is 11.1 Å². The van der Waals surface area contributed by atoms with Crippen molar-refractivity contribution < 1.29 is 9.59 Å². The number of nitrogens with one attached hydrogen (secondary N) is 1. The highest BCUT2D eigenvalue weighted by atomic mass is 16.2. The summed E-state index contributed by atoms with van der Waals surface area (Å²) in [6, 6.07) is 9.88. The topological polar surface area (TPSA) is 78.7 Å². The first-order valence-electron chi connectivity index (χ1n) is 8.53. The molecule has 3 amide bonds. The lowest BCUT2D eigenvalue weighted by atomic mass is 10.1. The third kappa shape index (κ3) is 4.96. The summed E-state index contributed by atoms with van der Waals surface area (Å²) >= 11 is 0. The molecule has 2 unspecified atom stereocenters. The van der Waals surface area contributed by atoms with E-state index in [1.165, 1.54) is 0 Å². The molecule has 0 aromatic heterocycles. The van der Waals surface area contributed by atoms with Crippen molar-refractivity contribution in [1.29, 1.82) is 0 Å². The number of carbonyl (C=O) groups is 2. The summed E-state index contributed by atoms with van der Waals surface area (Å²) in [5.74, 6) is 0.486. The van der Waals surface area contributed by atoms with E-state index in [1.807, 2.05) is 35.2 Å². The second kappa shape index (κ2) is 8.68. The molecule has 1 fully saturated rings. The van der Waals surface area contributed by atoms with E-state index in [2.05, 4.69) is 12.2 Å². The third-order valence-electron chi connectivity index (χ3n) is 4.54. The van der Waals surface area contributed by atoms with E-state index in [1.54, 1.807) is 11.9 Å². The Bertz CT molecular complexity index is 549. The summed E-state index contributed by atoms with van der Waals surface area (Å²) in [5.41, 5.74) is 6.77. The van der Waals surface area contributed by atoms with E-state index < -0.39 is 0 Å².